The van der Waals surface area contributed by atoms with E-state index in [2.05, 4.69) is 65.7 Å². The van der Waals surface area contributed by atoms with E-state index in [1.807, 2.05) is 60.6 Å². The molecule has 103 heavy (non-hydrogen) atoms. The first-order valence-electron chi connectivity index (χ1n) is 38.5. The van der Waals surface area contributed by atoms with Crippen LogP contribution in [0.15, 0.2) is 84.7 Å². The van der Waals surface area contributed by atoms with Gasteiger partial charge >= 0.3 is 0 Å². The number of aromatic nitrogens is 4. The summed E-state index contributed by atoms with van der Waals surface area (Å²) in [7, 11) is 2.01. The summed E-state index contributed by atoms with van der Waals surface area (Å²) in [5.74, 6) is 3.03. The Hall–Kier alpha value is -4.57. The predicted molar refractivity (Wildman–Crippen MR) is 400 cm³/mol. The summed E-state index contributed by atoms with van der Waals surface area (Å²) in [6.07, 6.45) is 24.1. The molecule has 4 fully saturated rings. The maximum Gasteiger partial charge on any atom is 0.266 e. The number of aliphatic hydroxyl groups is 2. The molecule has 2 aromatic carbocycles. The number of unbranched alkanes of at least 4 members (excludes halogenated alkanes) is 3. The number of pyridine rings is 1. The quantitative estimate of drug-likeness (QED) is 0.0243. The molecule has 572 valence electrons. The second kappa shape index (κ2) is 42.8. The molecule has 0 aliphatic heterocycles. The van der Waals surface area contributed by atoms with Gasteiger partial charge in [-0.2, -0.15) is 0 Å². The number of nitrogens with zero attached hydrogens (tertiary/aromatic N) is 5. The molecule has 4 saturated carbocycles. The Morgan fingerprint density at radius 2 is 1.28 bits per heavy atom. The third-order valence-electron chi connectivity index (χ3n) is 22.6. The molecular weight excluding hydrogens is 1350 g/mol. The monoisotopic (exact) mass is 1470 g/mol. The van der Waals surface area contributed by atoms with Gasteiger partial charge < -0.3 is 77.3 Å². The first kappa shape index (κ1) is 81.0. The number of rotatable bonds is 50. The molecule has 5 aliphatic rings. The average molecular weight is 1470 g/mol. The minimum Gasteiger partial charge on any atom is -0.475 e. The van der Waals surface area contributed by atoms with Gasteiger partial charge in [0.05, 0.1) is 168 Å². The van der Waals surface area contributed by atoms with Crippen LogP contribution in [0.5, 0.6) is 5.88 Å². The molecule has 8 atom stereocenters. The molecule has 2 unspecified atom stereocenters. The van der Waals surface area contributed by atoms with Crippen LogP contribution in [-0.2, 0) is 71.8 Å². The number of fused-ring (bicyclic) bond motifs is 6. The fourth-order valence-corrected chi connectivity index (χ4v) is 18.5. The van der Waals surface area contributed by atoms with Crippen LogP contribution in [0.1, 0.15) is 151 Å². The van der Waals surface area contributed by atoms with Crippen LogP contribution >= 0.6 is 22.9 Å². The first-order valence-corrected chi connectivity index (χ1v) is 39.7. The van der Waals surface area contributed by atoms with E-state index in [1.165, 1.54) is 42.6 Å². The zero-order valence-corrected chi connectivity index (χ0v) is 63.5. The molecule has 0 saturated heterocycles. The third kappa shape index (κ3) is 24.2. The standard InChI is InChI=1S/C80H119ClN6O15S/c1-78-28-24-67(88)56-63(78)16-21-68-70-22-23-73(79(70,2)29-25-71(68)78)80(3,90)27-9-5-6-10-32-91-34-36-93-38-40-95-42-43-96-44-45-97-46-47-99-50-51-101-59-65-58-86(85-84-65)31-33-92-35-37-94-39-41-98-48-49-100-52-53-102-74-55-62(26-30-83-74)61-13-11-12-60(54-61)57-87(66-19-17-64(82-4)18-20-66)77(89)76-75(81)69-14-7-8-15-72(69)103-76/h7-8,11-16,26,30,54-55,58,64,66-68,70-71,73,82,88,90H,5-6,9-10,17-25,27-29,31-53,56-57,59H2,1-4H3/t64?,66?,67-,68-,70-,71-,73?,78-,79-,80?/m0/s1. The lowest BCUT2D eigenvalue weighted by Crippen LogP contribution is -2.53. The topological polar surface area (TPSA) is 227 Å². The van der Waals surface area contributed by atoms with Crippen LogP contribution in [0.3, 0.4) is 0 Å². The van der Waals surface area contributed by atoms with Crippen molar-refractivity contribution >= 4 is 38.9 Å². The summed E-state index contributed by atoms with van der Waals surface area (Å²) in [6.45, 7) is 19.1. The van der Waals surface area contributed by atoms with Gasteiger partial charge in [-0.05, 0) is 173 Å². The molecule has 3 aromatic heterocycles. The van der Waals surface area contributed by atoms with E-state index >= 15 is 0 Å². The van der Waals surface area contributed by atoms with Crippen molar-refractivity contribution in [2.45, 2.75) is 173 Å². The van der Waals surface area contributed by atoms with Gasteiger partial charge in [0.2, 0.25) is 5.88 Å². The number of amides is 1. The molecule has 3 heterocycles. The highest BCUT2D eigenvalue weighted by molar-refractivity contribution is 7.21. The number of allylic oxidation sites excluding steroid dienone is 1. The second-order valence-electron chi connectivity index (χ2n) is 29.4. The van der Waals surface area contributed by atoms with Crippen molar-refractivity contribution in [3.05, 3.63) is 106 Å². The number of aliphatic hydroxyl groups excluding tert-OH is 1. The average Bonchev–Trinajstić information content (AvgIpc) is 1.64. The summed E-state index contributed by atoms with van der Waals surface area (Å²) in [5.41, 5.74) is 5.17. The lowest BCUT2D eigenvalue weighted by Gasteiger charge is -2.59. The summed E-state index contributed by atoms with van der Waals surface area (Å²) in [5, 5.41) is 35.6. The molecule has 5 aromatic rings. The Labute approximate surface area is 620 Å². The summed E-state index contributed by atoms with van der Waals surface area (Å²) < 4.78 is 71.2. The Bertz CT molecular complexity index is 3300. The van der Waals surface area contributed by atoms with Crippen LogP contribution in [0.25, 0.3) is 21.2 Å². The van der Waals surface area contributed by atoms with Crippen molar-refractivity contribution in [1.29, 1.82) is 0 Å². The Morgan fingerprint density at radius 1 is 0.670 bits per heavy atom. The Kier molecular flexibility index (Phi) is 33.7. The van der Waals surface area contributed by atoms with Gasteiger partial charge in [0.15, 0.2) is 0 Å². The van der Waals surface area contributed by atoms with E-state index in [0.717, 1.165) is 134 Å². The molecule has 0 spiro atoms. The van der Waals surface area contributed by atoms with Gasteiger partial charge in [0, 0.05) is 47.6 Å². The van der Waals surface area contributed by atoms with Crippen LogP contribution < -0.4 is 10.1 Å². The number of ether oxygens (including phenoxy) is 12. The Balaban J connectivity index is 0.448. The lowest BCUT2D eigenvalue weighted by atomic mass is 9.46. The van der Waals surface area contributed by atoms with E-state index in [-0.39, 0.29) is 28.9 Å². The first-order chi connectivity index (χ1) is 50.3. The highest BCUT2D eigenvalue weighted by Gasteiger charge is 2.61. The number of carbonyl (C=O) groups is 1. The summed E-state index contributed by atoms with van der Waals surface area (Å²) in [4.78, 5) is 21.5. The largest absolute Gasteiger partial charge is 0.475 e. The Morgan fingerprint density at radius 3 is 1.94 bits per heavy atom. The van der Waals surface area contributed by atoms with Crippen molar-refractivity contribution in [1.82, 2.24) is 30.2 Å². The van der Waals surface area contributed by atoms with Crippen molar-refractivity contribution in [3.63, 3.8) is 0 Å². The molecule has 23 heteroatoms. The van der Waals surface area contributed by atoms with Crippen molar-refractivity contribution in [2.75, 3.05) is 152 Å². The molecule has 10 rings (SSSR count). The number of hydrogen-bond donors (Lipinski definition) is 3. The summed E-state index contributed by atoms with van der Waals surface area (Å²) >= 11 is 8.35. The maximum atomic E-state index is 14.4. The zero-order chi connectivity index (χ0) is 72.0. The highest BCUT2D eigenvalue weighted by atomic mass is 35.5. The van der Waals surface area contributed by atoms with Gasteiger partial charge in [-0.15, -0.1) is 16.4 Å². The van der Waals surface area contributed by atoms with Gasteiger partial charge in [-0.25, -0.2) is 9.67 Å². The van der Waals surface area contributed by atoms with Crippen LogP contribution in [0.4, 0.5) is 0 Å². The number of halogens is 1. The van der Waals surface area contributed by atoms with Crippen LogP contribution in [-0.4, -0.2) is 217 Å². The van der Waals surface area contributed by atoms with Crippen molar-refractivity contribution < 1.29 is 71.8 Å². The van der Waals surface area contributed by atoms with E-state index in [1.54, 1.807) is 10.9 Å². The smallest absolute Gasteiger partial charge is 0.266 e. The molecule has 3 N–H and O–H groups in total. The SMILES string of the molecule is CNC1CCC(N(Cc2cccc(-c3ccnc(OCCOCCOCCOCCOCCn4cc(COCCOCCOCCOCCOCCOCCOCCCCCCC(C)(O)C5CC[C@H]6[C@@H]7CC=C8C[C@@H](O)CC[C@]8(C)[C@H]7CC[C@]56C)nn4)c3)c2)C(=O)c2sc3ccccc3c2Cl)CC1. The van der Waals surface area contributed by atoms with E-state index in [0.29, 0.717) is 192 Å². The van der Waals surface area contributed by atoms with Gasteiger partial charge in [0.1, 0.15) is 17.2 Å². The minimum atomic E-state index is -0.617. The number of thiophene rings is 1. The second-order valence-corrected chi connectivity index (χ2v) is 30.8. The number of benzene rings is 2. The van der Waals surface area contributed by atoms with Gasteiger partial charge in [-0.3, -0.25) is 4.79 Å². The minimum absolute atomic E-state index is 0.0129. The third-order valence-corrected chi connectivity index (χ3v) is 24.2. The number of carbonyl (C=O) groups excluding carboxylic acids is 1. The number of hydrogen-bond acceptors (Lipinski definition) is 20. The van der Waals surface area contributed by atoms with E-state index in [4.69, 9.17) is 68.4 Å². The molecule has 0 radical (unpaired) electrons. The van der Waals surface area contributed by atoms with Gasteiger partial charge in [0.25, 0.3) is 5.91 Å². The molecule has 5 aliphatic carbocycles. The molecule has 21 nitrogen and oxygen atoms in total. The van der Waals surface area contributed by atoms with Gasteiger partial charge in [-0.1, -0.05) is 98.0 Å². The lowest BCUT2D eigenvalue weighted by molar-refractivity contribution is -0.105. The predicted octanol–water partition coefficient (Wildman–Crippen LogP) is 12.8. The fourth-order valence-electron chi connectivity index (χ4n) is 17.1. The molecule has 0 bridgehead atoms. The van der Waals surface area contributed by atoms with Crippen LogP contribution in [0.2, 0.25) is 5.02 Å². The zero-order valence-electron chi connectivity index (χ0n) is 62.0. The molecular formula is C80H119ClN6O15S. The van der Waals surface area contributed by atoms with Crippen molar-refractivity contribution in [2.24, 2.45) is 34.5 Å². The van der Waals surface area contributed by atoms with Crippen LogP contribution in [0, 0.1) is 34.5 Å². The number of nitrogens with one attached hydrogen (secondary N) is 1. The molecule has 1 amide bonds. The highest BCUT2D eigenvalue weighted by Crippen LogP contribution is 2.68. The maximum absolute atomic E-state index is 14.4. The normalized spacial score (nSPS) is 23.8. The van der Waals surface area contributed by atoms with E-state index < -0.39 is 5.60 Å². The summed E-state index contributed by atoms with van der Waals surface area (Å²) in [6, 6.07) is 20.8. The van der Waals surface area contributed by atoms with E-state index in [9.17, 15) is 15.0 Å². The van der Waals surface area contributed by atoms with Crippen molar-refractivity contribution in [3.8, 4) is 17.0 Å². The fraction of sp³-hybridized carbons (Fsp3) is 0.700.